The molecular formula is C14H21FN2O2. The Hall–Kier alpha value is -1.78. The molecule has 5 heteroatoms. The van der Waals surface area contributed by atoms with Crippen LogP contribution in [0.25, 0.3) is 0 Å². The van der Waals surface area contributed by atoms with Crippen molar-refractivity contribution in [1.82, 2.24) is 5.32 Å². The molecule has 2 unspecified atom stereocenters. The molecule has 0 bridgehead atoms. The van der Waals surface area contributed by atoms with Crippen molar-refractivity contribution in [2.24, 2.45) is 0 Å². The molecule has 19 heavy (non-hydrogen) atoms. The maximum Gasteiger partial charge on any atom is 0.242 e. The second kappa shape index (κ2) is 6.97. The minimum Gasteiger partial charge on any atom is -0.494 e. The topological polar surface area (TPSA) is 50.4 Å². The fraction of sp³-hybridized carbons (Fsp3) is 0.500. The third-order valence-corrected chi connectivity index (χ3v) is 2.93. The van der Waals surface area contributed by atoms with Gasteiger partial charge in [-0.15, -0.1) is 0 Å². The van der Waals surface area contributed by atoms with Crippen molar-refractivity contribution in [3.05, 3.63) is 24.0 Å². The second-order valence-corrected chi connectivity index (χ2v) is 4.53. The minimum absolute atomic E-state index is 0.0965. The van der Waals surface area contributed by atoms with Crippen LogP contribution in [-0.2, 0) is 4.79 Å². The molecule has 0 saturated heterocycles. The zero-order valence-electron chi connectivity index (χ0n) is 11.8. The highest BCUT2D eigenvalue weighted by Crippen LogP contribution is 2.25. The number of benzene rings is 1. The number of hydrogen-bond donors (Lipinski definition) is 2. The number of halogens is 1. The van der Waals surface area contributed by atoms with Crippen LogP contribution in [0.15, 0.2) is 18.2 Å². The van der Waals surface area contributed by atoms with Crippen molar-refractivity contribution in [2.45, 2.75) is 39.3 Å². The molecule has 0 aliphatic rings. The third-order valence-electron chi connectivity index (χ3n) is 2.93. The van der Waals surface area contributed by atoms with Crippen molar-refractivity contribution in [3.63, 3.8) is 0 Å². The van der Waals surface area contributed by atoms with Gasteiger partial charge in [0.2, 0.25) is 5.91 Å². The van der Waals surface area contributed by atoms with Crippen LogP contribution >= 0.6 is 0 Å². The van der Waals surface area contributed by atoms with Crippen molar-refractivity contribution in [3.8, 4) is 5.75 Å². The van der Waals surface area contributed by atoms with E-state index in [-0.39, 0.29) is 17.8 Å². The Morgan fingerprint density at radius 3 is 2.68 bits per heavy atom. The highest BCUT2D eigenvalue weighted by Gasteiger charge is 2.16. The van der Waals surface area contributed by atoms with Gasteiger partial charge in [0, 0.05) is 12.1 Å². The number of anilines is 1. The van der Waals surface area contributed by atoms with Crippen LogP contribution in [0.4, 0.5) is 10.1 Å². The molecule has 1 aromatic rings. The number of rotatable bonds is 6. The first-order chi connectivity index (χ1) is 8.97. The van der Waals surface area contributed by atoms with Crippen LogP contribution in [0.1, 0.15) is 27.2 Å². The lowest BCUT2D eigenvalue weighted by atomic mass is 10.2. The van der Waals surface area contributed by atoms with Gasteiger partial charge in [-0.05, 0) is 32.4 Å². The van der Waals surface area contributed by atoms with Gasteiger partial charge in [-0.3, -0.25) is 4.79 Å². The molecule has 2 N–H and O–H groups in total. The molecular weight excluding hydrogens is 247 g/mol. The molecule has 0 spiro atoms. The summed E-state index contributed by atoms with van der Waals surface area (Å²) in [5.41, 5.74) is 0.593. The number of carbonyl (C=O) groups excluding carboxylic acids is 1. The fourth-order valence-electron chi connectivity index (χ4n) is 1.55. The van der Waals surface area contributed by atoms with Gasteiger partial charge in [0.1, 0.15) is 17.6 Å². The van der Waals surface area contributed by atoms with E-state index in [9.17, 15) is 9.18 Å². The number of hydrogen-bond acceptors (Lipinski definition) is 3. The van der Waals surface area contributed by atoms with Crippen LogP contribution < -0.4 is 15.4 Å². The van der Waals surface area contributed by atoms with Gasteiger partial charge in [0.15, 0.2) is 0 Å². The van der Waals surface area contributed by atoms with E-state index in [1.807, 2.05) is 13.8 Å². The Morgan fingerprint density at radius 2 is 2.11 bits per heavy atom. The van der Waals surface area contributed by atoms with Crippen LogP contribution in [0.5, 0.6) is 5.75 Å². The van der Waals surface area contributed by atoms with Gasteiger partial charge in [-0.2, -0.15) is 0 Å². The summed E-state index contributed by atoms with van der Waals surface area (Å²) >= 11 is 0. The highest BCUT2D eigenvalue weighted by molar-refractivity contribution is 5.84. The predicted molar refractivity (Wildman–Crippen MR) is 73.9 cm³/mol. The Kier molecular flexibility index (Phi) is 5.60. The Balaban J connectivity index is 2.71. The molecule has 1 aromatic carbocycles. The summed E-state index contributed by atoms with van der Waals surface area (Å²) in [6, 6.07) is 3.87. The van der Waals surface area contributed by atoms with E-state index in [2.05, 4.69) is 10.6 Å². The van der Waals surface area contributed by atoms with Gasteiger partial charge < -0.3 is 15.4 Å². The van der Waals surface area contributed by atoms with E-state index in [0.717, 1.165) is 6.42 Å². The smallest absolute Gasteiger partial charge is 0.242 e. The molecule has 1 amide bonds. The highest BCUT2D eigenvalue weighted by atomic mass is 19.1. The average molecular weight is 268 g/mol. The quantitative estimate of drug-likeness (QED) is 0.833. The van der Waals surface area contributed by atoms with E-state index in [1.54, 1.807) is 13.0 Å². The second-order valence-electron chi connectivity index (χ2n) is 4.53. The van der Waals surface area contributed by atoms with Crippen molar-refractivity contribution in [1.29, 1.82) is 0 Å². The lowest BCUT2D eigenvalue weighted by molar-refractivity contribution is -0.122. The Morgan fingerprint density at radius 1 is 1.42 bits per heavy atom. The lowest BCUT2D eigenvalue weighted by Crippen LogP contribution is -2.41. The minimum atomic E-state index is -0.423. The molecule has 2 atom stereocenters. The molecule has 1 rings (SSSR count). The SMILES string of the molecule is CCC(C)NC(=O)C(C)Nc1ccc(F)cc1OC. The number of methoxy groups -OCH3 is 1. The van der Waals surface area contributed by atoms with Crippen LogP contribution in [0, 0.1) is 5.82 Å². The maximum atomic E-state index is 13.1. The average Bonchev–Trinajstić information content (AvgIpc) is 2.40. The molecule has 0 radical (unpaired) electrons. The number of amides is 1. The predicted octanol–water partition coefficient (Wildman–Crippen LogP) is 2.55. The standard InChI is InChI=1S/C14H21FN2O2/c1-5-9(2)16-14(18)10(3)17-12-7-6-11(15)8-13(12)19-4/h6-10,17H,5H2,1-4H3,(H,16,18). The summed E-state index contributed by atoms with van der Waals surface area (Å²) in [5, 5.41) is 5.90. The van der Waals surface area contributed by atoms with Crippen LogP contribution in [0.2, 0.25) is 0 Å². The largest absolute Gasteiger partial charge is 0.494 e. The summed E-state index contributed by atoms with van der Waals surface area (Å²) < 4.78 is 18.1. The summed E-state index contributed by atoms with van der Waals surface area (Å²) in [4.78, 5) is 11.9. The number of nitrogens with one attached hydrogen (secondary N) is 2. The summed E-state index contributed by atoms with van der Waals surface area (Å²) in [7, 11) is 1.46. The van der Waals surface area contributed by atoms with E-state index < -0.39 is 6.04 Å². The number of ether oxygens (including phenoxy) is 1. The van der Waals surface area contributed by atoms with Gasteiger partial charge in [-0.25, -0.2) is 4.39 Å². The summed E-state index contributed by atoms with van der Waals surface area (Å²) in [5.74, 6) is -0.0944. The first-order valence-electron chi connectivity index (χ1n) is 6.38. The third kappa shape index (κ3) is 4.43. The summed E-state index contributed by atoms with van der Waals surface area (Å²) in [6.07, 6.45) is 0.873. The first-order valence-corrected chi connectivity index (χ1v) is 6.38. The summed E-state index contributed by atoms with van der Waals surface area (Å²) in [6.45, 7) is 5.70. The molecule has 106 valence electrons. The molecule has 0 saturated carbocycles. The van der Waals surface area contributed by atoms with E-state index >= 15 is 0 Å². The van der Waals surface area contributed by atoms with E-state index in [1.165, 1.54) is 19.2 Å². The first kappa shape index (κ1) is 15.3. The normalized spacial score (nSPS) is 13.5. The molecule has 4 nitrogen and oxygen atoms in total. The van der Waals surface area contributed by atoms with Crippen molar-refractivity contribution in [2.75, 3.05) is 12.4 Å². The van der Waals surface area contributed by atoms with E-state index in [4.69, 9.17) is 4.74 Å². The molecule has 0 aliphatic carbocycles. The Labute approximate surface area is 113 Å². The lowest BCUT2D eigenvalue weighted by Gasteiger charge is -2.19. The molecule has 0 heterocycles. The molecule has 0 aromatic heterocycles. The monoisotopic (exact) mass is 268 g/mol. The molecule has 0 aliphatic heterocycles. The van der Waals surface area contributed by atoms with Crippen molar-refractivity contribution >= 4 is 11.6 Å². The van der Waals surface area contributed by atoms with Gasteiger partial charge in [-0.1, -0.05) is 6.92 Å². The zero-order chi connectivity index (χ0) is 14.4. The zero-order valence-corrected chi connectivity index (χ0v) is 11.8. The fourth-order valence-corrected chi connectivity index (χ4v) is 1.55. The Bertz CT molecular complexity index is 437. The van der Waals surface area contributed by atoms with Crippen molar-refractivity contribution < 1.29 is 13.9 Å². The van der Waals surface area contributed by atoms with Gasteiger partial charge in [0.25, 0.3) is 0 Å². The number of carbonyl (C=O) groups is 1. The maximum absolute atomic E-state index is 13.1. The molecule has 0 fully saturated rings. The van der Waals surface area contributed by atoms with Crippen LogP contribution in [-0.4, -0.2) is 25.1 Å². The van der Waals surface area contributed by atoms with Gasteiger partial charge >= 0.3 is 0 Å². The van der Waals surface area contributed by atoms with Gasteiger partial charge in [0.05, 0.1) is 12.8 Å². The van der Waals surface area contributed by atoms with E-state index in [0.29, 0.717) is 11.4 Å². The van der Waals surface area contributed by atoms with Crippen LogP contribution in [0.3, 0.4) is 0 Å².